The van der Waals surface area contributed by atoms with Gasteiger partial charge in [0.1, 0.15) is 5.82 Å². The van der Waals surface area contributed by atoms with Crippen molar-refractivity contribution in [3.63, 3.8) is 0 Å². The lowest BCUT2D eigenvalue weighted by molar-refractivity contribution is -0.137. The zero-order chi connectivity index (χ0) is 20.4. The fraction of sp³-hybridized carbons (Fsp3) is 0.238. The molecule has 0 heterocycles. The predicted molar refractivity (Wildman–Crippen MR) is 109 cm³/mol. The maximum atomic E-state index is 13.2. The molecule has 0 aromatic heterocycles. The van der Waals surface area contributed by atoms with Crippen molar-refractivity contribution in [2.45, 2.75) is 38.3 Å². The van der Waals surface area contributed by atoms with Gasteiger partial charge in [0.15, 0.2) is 0 Å². The molecule has 0 N–H and O–H groups in total. The molecule has 0 saturated carbocycles. The number of rotatable bonds is 5. The number of halogens is 4. The highest BCUT2D eigenvalue weighted by molar-refractivity contribution is 8.10. The van der Waals surface area contributed by atoms with Gasteiger partial charge in [0.25, 0.3) is 0 Å². The van der Waals surface area contributed by atoms with E-state index in [2.05, 4.69) is 25.3 Å². The first kappa shape index (κ1) is 21.6. The Morgan fingerprint density at radius 3 is 2.44 bits per heavy atom. The monoisotopic (exact) mass is 412 g/mol. The molecular formula is C21H20F4S2. The van der Waals surface area contributed by atoms with Crippen LogP contribution in [0.25, 0.3) is 4.91 Å². The molecule has 0 unspecified atom stereocenters. The molecule has 0 aliphatic carbocycles. The quantitative estimate of drug-likeness (QED) is 0.390. The number of hydrogen-bond acceptors (Lipinski definition) is 2. The van der Waals surface area contributed by atoms with Gasteiger partial charge in [0.2, 0.25) is 0 Å². The molecule has 0 atom stereocenters. The Bertz CT molecular complexity index is 896. The number of aryl methyl sites for hydroxylation is 2. The second kappa shape index (κ2) is 8.57. The SMILES string of the molecule is C=C(S/C=C(\C)Cc1cc(C)c(S)cc1C)c1ccc(F)cc1C(F)(F)F. The van der Waals surface area contributed by atoms with Gasteiger partial charge in [-0.3, -0.25) is 0 Å². The average Bonchev–Trinajstić information content (AvgIpc) is 2.56. The number of allylic oxidation sites excluding steroid dienone is 1. The Labute approximate surface area is 166 Å². The van der Waals surface area contributed by atoms with E-state index in [-0.39, 0.29) is 10.5 Å². The smallest absolute Gasteiger partial charge is 0.207 e. The highest BCUT2D eigenvalue weighted by Crippen LogP contribution is 2.39. The summed E-state index contributed by atoms with van der Waals surface area (Å²) in [5, 5.41) is 1.79. The normalized spacial score (nSPS) is 12.4. The molecule has 144 valence electrons. The molecule has 0 amide bonds. The van der Waals surface area contributed by atoms with Crippen LogP contribution in [-0.4, -0.2) is 0 Å². The molecule has 0 radical (unpaired) electrons. The van der Waals surface area contributed by atoms with E-state index < -0.39 is 17.6 Å². The predicted octanol–water partition coefficient (Wildman–Crippen LogP) is 7.60. The van der Waals surface area contributed by atoms with E-state index in [4.69, 9.17) is 0 Å². The van der Waals surface area contributed by atoms with Gasteiger partial charge in [0, 0.05) is 15.4 Å². The van der Waals surface area contributed by atoms with Crippen molar-refractivity contribution in [3.8, 4) is 0 Å². The molecule has 0 spiro atoms. The minimum absolute atomic E-state index is 0.107. The van der Waals surface area contributed by atoms with Crippen molar-refractivity contribution in [2.75, 3.05) is 0 Å². The first-order valence-electron chi connectivity index (χ1n) is 8.16. The van der Waals surface area contributed by atoms with Gasteiger partial charge in [-0.2, -0.15) is 13.2 Å². The minimum Gasteiger partial charge on any atom is -0.207 e. The first-order chi connectivity index (χ1) is 12.5. The summed E-state index contributed by atoms with van der Waals surface area (Å²) in [5.41, 5.74) is 3.20. The maximum Gasteiger partial charge on any atom is 0.417 e. The van der Waals surface area contributed by atoms with Crippen LogP contribution in [0.2, 0.25) is 0 Å². The summed E-state index contributed by atoms with van der Waals surface area (Å²) in [4.78, 5) is 1.15. The van der Waals surface area contributed by atoms with Gasteiger partial charge in [-0.15, -0.1) is 12.6 Å². The lowest BCUT2D eigenvalue weighted by atomic mass is 10.00. The van der Waals surface area contributed by atoms with Crippen molar-refractivity contribution in [2.24, 2.45) is 0 Å². The third-order valence-electron chi connectivity index (χ3n) is 4.11. The molecule has 0 nitrogen and oxygen atoms in total. The third-order valence-corrected chi connectivity index (χ3v) is 5.62. The van der Waals surface area contributed by atoms with Crippen molar-refractivity contribution in [1.82, 2.24) is 0 Å². The fourth-order valence-electron chi connectivity index (χ4n) is 2.62. The van der Waals surface area contributed by atoms with Crippen LogP contribution in [-0.2, 0) is 12.6 Å². The van der Waals surface area contributed by atoms with Crippen LogP contribution < -0.4 is 0 Å². The van der Waals surface area contributed by atoms with Crippen LogP contribution >= 0.6 is 24.4 Å². The zero-order valence-electron chi connectivity index (χ0n) is 15.2. The summed E-state index contributed by atoms with van der Waals surface area (Å²) in [5.74, 6) is -0.922. The molecule has 0 aliphatic rings. The number of benzene rings is 2. The topological polar surface area (TPSA) is 0 Å². The summed E-state index contributed by atoms with van der Waals surface area (Å²) < 4.78 is 52.7. The fourth-order valence-corrected chi connectivity index (χ4v) is 3.61. The van der Waals surface area contributed by atoms with E-state index in [1.807, 2.05) is 26.8 Å². The van der Waals surface area contributed by atoms with Crippen LogP contribution in [0.1, 0.15) is 34.7 Å². The zero-order valence-corrected chi connectivity index (χ0v) is 17.0. The Morgan fingerprint density at radius 2 is 1.81 bits per heavy atom. The van der Waals surface area contributed by atoms with Crippen molar-refractivity contribution in [3.05, 3.63) is 81.5 Å². The second-order valence-corrected chi connectivity index (χ2v) is 7.88. The van der Waals surface area contributed by atoms with Gasteiger partial charge in [-0.05, 0) is 67.5 Å². The highest BCUT2D eigenvalue weighted by Gasteiger charge is 2.34. The van der Waals surface area contributed by atoms with Gasteiger partial charge in [0.05, 0.1) is 5.56 Å². The average molecular weight is 413 g/mol. The third kappa shape index (κ3) is 5.66. The molecule has 0 bridgehead atoms. The molecular weight excluding hydrogens is 392 g/mol. The second-order valence-electron chi connectivity index (χ2n) is 6.43. The van der Waals surface area contributed by atoms with Gasteiger partial charge < -0.3 is 0 Å². The standard InChI is InChI=1S/C21H20F4S2/c1-12(7-16-8-14(3)20(26)9-13(16)2)11-27-15(4)18-6-5-17(22)10-19(18)21(23,24)25/h5-6,8-11,26H,4,7H2,1-3H3/b12-11+. The van der Waals surface area contributed by atoms with Crippen LogP contribution in [0.3, 0.4) is 0 Å². The van der Waals surface area contributed by atoms with Crippen LogP contribution in [0.4, 0.5) is 17.6 Å². The minimum atomic E-state index is -4.64. The van der Waals surface area contributed by atoms with Crippen LogP contribution in [0.5, 0.6) is 0 Å². The van der Waals surface area contributed by atoms with Crippen molar-refractivity contribution >= 4 is 29.3 Å². The lowest BCUT2D eigenvalue weighted by Gasteiger charge is -2.14. The summed E-state index contributed by atoms with van der Waals surface area (Å²) in [6.45, 7) is 9.63. The first-order valence-corrected chi connectivity index (χ1v) is 9.49. The van der Waals surface area contributed by atoms with E-state index in [9.17, 15) is 17.6 Å². The maximum absolute atomic E-state index is 13.2. The molecule has 2 aromatic carbocycles. The lowest BCUT2D eigenvalue weighted by Crippen LogP contribution is -2.08. The van der Waals surface area contributed by atoms with Crippen LogP contribution in [0, 0.1) is 19.7 Å². The number of hydrogen-bond donors (Lipinski definition) is 1. The largest absolute Gasteiger partial charge is 0.417 e. The summed E-state index contributed by atoms with van der Waals surface area (Å²) in [7, 11) is 0. The molecule has 0 fully saturated rings. The van der Waals surface area contributed by atoms with Gasteiger partial charge in [-0.1, -0.05) is 36.0 Å². The van der Waals surface area contributed by atoms with Crippen LogP contribution in [0.15, 0.2) is 52.8 Å². The Kier molecular flexibility index (Phi) is 6.87. The Morgan fingerprint density at radius 1 is 1.15 bits per heavy atom. The van der Waals surface area contributed by atoms with E-state index in [0.29, 0.717) is 12.5 Å². The Hall–Kier alpha value is -1.66. The van der Waals surface area contributed by atoms with Gasteiger partial charge >= 0.3 is 6.18 Å². The number of thiol groups is 1. The molecule has 27 heavy (non-hydrogen) atoms. The van der Waals surface area contributed by atoms with Crippen molar-refractivity contribution in [1.29, 1.82) is 0 Å². The summed E-state index contributed by atoms with van der Waals surface area (Å²) in [6, 6.07) is 6.70. The number of thioether (sulfide) groups is 1. The van der Waals surface area contributed by atoms with E-state index in [0.717, 1.165) is 51.1 Å². The van der Waals surface area contributed by atoms with E-state index in [1.165, 1.54) is 0 Å². The number of alkyl halides is 3. The van der Waals surface area contributed by atoms with Crippen molar-refractivity contribution < 1.29 is 17.6 Å². The molecule has 0 aliphatic heterocycles. The summed E-state index contributed by atoms with van der Waals surface area (Å²) in [6.07, 6.45) is -3.96. The summed E-state index contributed by atoms with van der Waals surface area (Å²) >= 11 is 5.52. The van der Waals surface area contributed by atoms with E-state index in [1.54, 1.807) is 5.41 Å². The highest BCUT2D eigenvalue weighted by atomic mass is 32.2. The van der Waals surface area contributed by atoms with E-state index >= 15 is 0 Å². The molecule has 2 rings (SSSR count). The molecule has 6 heteroatoms. The molecule has 2 aromatic rings. The Balaban J connectivity index is 2.19. The molecule has 0 saturated heterocycles. The van der Waals surface area contributed by atoms with Gasteiger partial charge in [-0.25, -0.2) is 4.39 Å².